The summed E-state index contributed by atoms with van der Waals surface area (Å²) in [7, 11) is 0. The molecule has 2 rings (SSSR count). The van der Waals surface area contributed by atoms with Gasteiger partial charge in [0.25, 0.3) is 0 Å². The standard InChI is InChI=1S/C10H7ClN2O2/c1-5-9-7(2-8(11)13-5)10(15)6(4-14)3-12-9/h2-4H,1H3,(H,12,15). The second-order valence-electron chi connectivity index (χ2n) is 3.14. The van der Waals surface area contributed by atoms with Crippen molar-refractivity contribution in [3.05, 3.63) is 38.9 Å². The molecule has 0 saturated heterocycles. The van der Waals surface area contributed by atoms with Gasteiger partial charge >= 0.3 is 0 Å². The van der Waals surface area contributed by atoms with Gasteiger partial charge in [-0.05, 0) is 13.0 Å². The zero-order valence-electron chi connectivity index (χ0n) is 7.87. The number of pyridine rings is 2. The average molecular weight is 223 g/mol. The fourth-order valence-corrected chi connectivity index (χ4v) is 1.69. The third-order valence-corrected chi connectivity index (χ3v) is 2.37. The van der Waals surface area contributed by atoms with Crippen molar-refractivity contribution in [2.45, 2.75) is 6.92 Å². The van der Waals surface area contributed by atoms with Crippen LogP contribution in [0.4, 0.5) is 0 Å². The molecule has 0 radical (unpaired) electrons. The maximum Gasteiger partial charge on any atom is 0.200 e. The van der Waals surface area contributed by atoms with Crippen LogP contribution >= 0.6 is 11.6 Å². The highest BCUT2D eigenvalue weighted by Gasteiger charge is 2.07. The van der Waals surface area contributed by atoms with Crippen LogP contribution in [-0.2, 0) is 0 Å². The maximum atomic E-state index is 11.7. The van der Waals surface area contributed by atoms with E-state index in [2.05, 4.69) is 9.97 Å². The van der Waals surface area contributed by atoms with Gasteiger partial charge in [0.05, 0.1) is 22.2 Å². The van der Waals surface area contributed by atoms with E-state index in [1.165, 1.54) is 12.3 Å². The summed E-state index contributed by atoms with van der Waals surface area (Å²) in [6, 6.07) is 1.45. The van der Waals surface area contributed by atoms with Crippen molar-refractivity contribution >= 4 is 28.8 Å². The molecule has 4 nitrogen and oxygen atoms in total. The molecule has 76 valence electrons. The molecule has 0 aliphatic rings. The Morgan fingerprint density at radius 1 is 1.53 bits per heavy atom. The third-order valence-electron chi connectivity index (χ3n) is 2.17. The van der Waals surface area contributed by atoms with Crippen LogP contribution < -0.4 is 5.43 Å². The number of aldehydes is 1. The smallest absolute Gasteiger partial charge is 0.200 e. The van der Waals surface area contributed by atoms with Crippen molar-refractivity contribution in [1.82, 2.24) is 9.97 Å². The Bertz CT molecular complexity index is 604. The van der Waals surface area contributed by atoms with Crippen molar-refractivity contribution in [3.63, 3.8) is 0 Å². The lowest BCUT2D eigenvalue weighted by molar-refractivity contribution is 0.112. The number of carbonyl (C=O) groups is 1. The molecular formula is C10H7ClN2O2. The summed E-state index contributed by atoms with van der Waals surface area (Å²) in [6.45, 7) is 1.74. The van der Waals surface area contributed by atoms with Crippen LogP contribution in [0.3, 0.4) is 0 Å². The number of rotatable bonds is 1. The molecule has 2 aromatic rings. The number of H-pyrrole nitrogens is 1. The zero-order chi connectivity index (χ0) is 11.0. The Morgan fingerprint density at radius 3 is 2.93 bits per heavy atom. The van der Waals surface area contributed by atoms with Gasteiger partial charge < -0.3 is 4.98 Å². The molecule has 1 N–H and O–H groups in total. The molecule has 0 bridgehead atoms. The van der Waals surface area contributed by atoms with Gasteiger partial charge in [0, 0.05) is 6.20 Å². The highest BCUT2D eigenvalue weighted by molar-refractivity contribution is 6.30. The highest BCUT2D eigenvalue weighted by atomic mass is 35.5. The van der Waals surface area contributed by atoms with Gasteiger partial charge in [-0.25, -0.2) is 4.98 Å². The van der Waals surface area contributed by atoms with Gasteiger partial charge in [-0.15, -0.1) is 0 Å². The van der Waals surface area contributed by atoms with Crippen molar-refractivity contribution in [2.24, 2.45) is 0 Å². The normalized spacial score (nSPS) is 10.5. The topological polar surface area (TPSA) is 62.8 Å². The Morgan fingerprint density at radius 2 is 2.27 bits per heavy atom. The Hall–Kier alpha value is -1.68. The monoisotopic (exact) mass is 222 g/mol. The highest BCUT2D eigenvalue weighted by Crippen LogP contribution is 2.15. The van der Waals surface area contributed by atoms with E-state index in [1.54, 1.807) is 6.92 Å². The molecule has 0 aromatic carbocycles. The van der Waals surface area contributed by atoms with Crippen LogP contribution in [0.1, 0.15) is 16.1 Å². The second-order valence-corrected chi connectivity index (χ2v) is 3.53. The molecular weight excluding hydrogens is 216 g/mol. The summed E-state index contributed by atoms with van der Waals surface area (Å²) in [5.41, 5.74) is 0.998. The van der Waals surface area contributed by atoms with Crippen LogP contribution in [0.2, 0.25) is 5.15 Å². The van der Waals surface area contributed by atoms with Gasteiger partial charge in [-0.2, -0.15) is 0 Å². The quantitative estimate of drug-likeness (QED) is 0.590. The van der Waals surface area contributed by atoms with E-state index in [9.17, 15) is 9.59 Å². The largest absolute Gasteiger partial charge is 0.359 e. The zero-order valence-corrected chi connectivity index (χ0v) is 8.63. The van der Waals surface area contributed by atoms with E-state index < -0.39 is 0 Å². The number of aromatic amines is 1. The number of nitrogens with zero attached hydrogens (tertiary/aromatic N) is 1. The number of carbonyl (C=O) groups excluding carboxylic acids is 1. The fraction of sp³-hybridized carbons (Fsp3) is 0.100. The molecule has 0 aliphatic heterocycles. The first kappa shape index (κ1) is 9.86. The minimum absolute atomic E-state index is 0.0872. The summed E-state index contributed by atoms with van der Waals surface area (Å²) in [5, 5.41) is 0.630. The van der Waals surface area contributed by atoms with Crippen LogP contribution in [0.25, 0.3) is 10.9 Å². The van der Waals surface area contributed by atoms with Gasteiger partial charge in [0.1, 0.15) is 5.15 Å². The number of hydrogen-bond donors (Lipinski definition) is 1. The first-order valence-corrected chi connectivity index (χ1v) is 4.65. The number of halogens is 1. The molecule has 0 amide bonds. The number of nitrogens with one attached hydrogen (secondary N) is 1. The number of aryl methyl sites for hydroxylation is 1. The molecule has 5 heteroatoms. The molecule has 0 fully saturated rings. The lowest BCUT2D eigenvalue weighted by Crippen LogP contribution is -2.10. The molecule has 2 heterocycles. The SMILES string of the molecule is Cc1nc(Cl)cc2c(=O)c(C=O)c[nH]c12. The Kier molecular flexibility index (Phi) is 2.28. The van der Waals surface area contributed by atoms with Crippen molar-refractivity contribution in [2.75, 3.05) is 0 Å². The minimum Gasteiger partial charge on any atom is -0.359 e. The molecule has 0 unspecified atom stereocenters. The van der Waals surface area contributed by atoms with Crippen molar-refractivity contribution in [3.8, 4) is 0 Å². The van der Waals surface area contributed by atoms with E-state index >= 15 is 0 Å². The van der Waals surface area contributed by atoms with Crippen LogP contribution in [0, 0.1) is 6.92 Å². The predicted octanol–water partition coefficient (Wildman–Crippen LogP) is 1.70. The van der Waals surface area contributed by atoms with Crippen molar-refractivity contribution < 1.29 is 4.79 Å². The summed E-state index contributed by atoms with van der Waals surface area (Å²) in [4.78, 5) is 29.2. The third kappa shape index (κ3) is 1.53. The lowest BCUT2D eigenvalue weighted by Gasteiger charge is -2.02. The minimum atomic E-state index is -0.328. The Labute approximate surface area is 89.9 Å². The van der Waals surface area contributed by atoms with E-state index in [0.29, 0.717) is 22.9 Å². The van der Waals surface area contributed by atoms with E-state index in [4.69, 9.17) is 11.6 Å². The molecule has 15 heavy (non-hydrogen) atoms. The molecule has 0 atom stereocenters. The van der Waals surface area contributed by atoms with E-state index in [1.807, 2.05) is 0 Å². The van der Waals surface area contributed by atoms with Crippen LogP contribution in [0.15, 0.2) is 17.1 Å². The summed E-state index contributed by atoms with van der Waals surface area (Å²) < 4.78 is 0. The van der Waals surface area contributed by atoms with Crippen molar-refractivity contribution in [1.29, 1.82) is 0 Å². The van der Waals surface area contributed by atoms with Gasteiger partial charge in [-0.3, -0.25) is 9.59 Å². The summed E-state index contributed by atoms with van der Waals surface area (Å²) >= 11 is 5.74. The van der Waals surface area contributed by atoms with E-state index in [-0.39, 0.29) is 16.1 Å². The predicted molar refractivity (Wildman–Crippen MR) is 57.5 cm³/mol. The number of hydrogen-bond acceptors (Lipinski definition) is 3. The lowest BCUT2D eigenvalue weighted by atomic mass is 10.1. The molecule has 0 saturated carbocycles. The van der Waals surface area contributed by atoms with Gasteiger partial charge in [-0.1, -0.05) is 11.6 Å². The van der Waals surface area contributed by atoms with Crippen LogP contribution in [0.5, 0.6) is 0 Å². The summed E-state index contributed by atoms with van der Waals surface area (Å²) in [5.74, 6) is 0. The Balaban J connectivity index is 2.99. The first-order chi connectivity index (χ1) is 7.13. The maximum absolute atomic E-state index is 11.7. The van der Waals surface area contributed by atoms with Gasteiger partial charge in [0.15, 0.2) is 11.7 Å². The molecule has 0 spiro atoms. The number of aromatic nitrogens is 2. The van der Waals surface area contributed by atoms with Crippen LogP contribution in [-0.4, -0.2) is 16.3 Å². The molecule has 0 aliphatic carbocycles. The molecule has 2 aromatic heterocycles. The van der Waals surface area contributed by atoms with E-state index in [0.717, 1.165) is 0 Å². The fourth-order valence-electron chi connectivity index (χ4n) is 1.45. The first-order valence-electron chi connectivity index (χ1n) is 4.27. The summed E-state index contributed by atoms with van der Waals surface area (Å²) in [6.07, 6.45) is 1.89. The number of fused-ring (bicyclic) bond motifs is 1. The average Bonchev–Trinajstić information content (AvgIpc) is 2.19. The second kappa shape index (κ2) is 3.47. The van der Waals surface area contributed by atoms with Gasteiger partial charge in [0.2, 0.25) is 0 Å².